The van der Waals surface area contributed by atoms with Crippen LogP contribution in [0.25, 0.3) is 0 Å². The fourth-order valence-corrected chi connectivity index (χ4v) is 5.66. The molecule has 7 nitrogen and oxygen atoms in total. The van der Waals surface area contributed by atoms with Crippen molar-refractivity contribution in [2.24, 2.45) is 16.8 Å². The highest BCUT2D eigenvalue weighted by Crippen LogP contribution is 2.48. The Morgan fingerprint density at radius 1 is 0.947 bits per heavy atom. The molecule has 0 saturated heterocycles. The minimum absolute atomic E-state index is 0.161. The summed E-state index contributed by atoms with van der Waals surface area (Å²) in [7, 11) is 1.58. The van der Waals surface area contributed by atoms with E-state index in [4.69, 9.17) is 19.2 Å². The molecule has 4 rings (SSSR count). The second-order valence-electron chi connectivity index (χ2n) is 9.59. The number of carbonyl (C=O) groups excluding carboxylic acids is 3. The van der Waals surface area contributed by atoms with Crippen LogP contribution >= 0.6 is 0 Å². The molecule has 4 unspecified atom stereocenters. The van der Waals surface area contributed by atoms with Gasteiger partial charge in [-0.25, -0.2) is 4.79 Å². The smallest absolute Gasteiger partial charge is 0.336 e. The Kier molecular flexibility index (Phi) is 8.45. The normalized spacial score (nSPS) is 22.9. The van der Waals surface area contributed by atoms with Crippen molar-refractivity contribution >= 4 is 23.4 Å². The number of nitrogens with zero attached hydrogens (tertiary/aromatic N) is 1. The van der Waals surface area contributed by atoms with Crippen molar-refractivity contribution in [1.82, 2.24) is 0 Å². The molecule has 4 atom stereocenters. The Morgan fingerprint density at radius 2 is 1.66 bits per heavy atom. The quantitative estimate of drug-likeness (QED) is 0.354. The van der Waals surface area contributed by atoms with Crippen LogP contribution in [0.1, 0.15) is 62.6 Å². The van der Waals surface area contributed by atoms with Gasteiger partial charge in [-0.05, 0) is 62.4 Å². The van der Waals surface area contributed by atoms with Crippen LogP contribution in [-0.4, -0.2) is 43.8 Å². The van der Waals surface area contributed by atoms with Crippen LogP contribution in [0, 0.1) is 11.8 Å². The van der Waals surface area contributed by atoms with E-state index in [1.807, 2.05) is 48.5 Å². The Morgan fingerprint density at radius 3 is 2.29 bits per heavy atom. The molecule has 0 amide bonds. The number of ketones is 1. The summed E-state index contributed by atoms with van der Waals surface area (Å²) in [5.41, 5.74) is 4.33. The highest BCUT2D eigenvalue weighted by molar-refractivity contribution is 6.17. The van der Waals surface area contributed by atoms with Gasteiger partial charge in [0, 0.05) is 23.2 Å². The highest BCUT2D eigenvalue weighted by Gasteiger charge is 2.53. The van der Waals surface area contributed by atoms with Gasteiger partial charge in [0.15, 0.2) is 5.78 Å². The van der Waals surface area contributed by atoms with E-state index in [2.05, 4.69) is 6.92 Å². The number of benzene rings is 2. The number of hydrogen-bond acceptors (Lipinski definition) is 7. The van der Waals surface area contributed by atoms with Gasteiger partial charge in [-0.15, -0.1) is 0 Å². The number of hydrogen-bond donors (Lipinski definition) is 0. The highest BCUT2D eigenvalue weighted by atomic mass is 16.5. The largest absolute Gasteiger partial charge is 0.497 e. The molecule has 0 bridgehead atoms. The van der Waals surface area contributed by atoms with Crippen molar-refractivity contribution in [3.8, 4) is 5.75 Å². The third-order valence-corrected chi connectivity index (χ3v) is 7.45. The summed E-state index contributed by atoms with van der Waals surface area (Å²) in [5, 5.41) is 0. The Labute approximate surface area is 223 Å². The molecule has 1 aliphatic heterocycles. The lowest BCUT2D eigenvalue weighted by atomic mass is 9.62. The maximum Gasteiger partial charge on any atom is 0.336 e. The summed E-state index contributed by atoms with van der Waals surface area (Å²) >= 11 is 0. The molecule has 7 heteroatoms. The third-order valence-electron chi connectivity index (χ3n) is 7.45. The zero-order valence-corrected chi connectivity index (χ0v) is 22.7. The van der Waals surface area contributed by atoms with E-state index in [1.165, 1.54) is 0 Å². The van der Waals surface area contributed by atoms with Gasteiger partial charge in [0.2, 0.25) is 0 Å². The molecule has 0 radical (unpaired) electrons. The van der Waals surface area contributed by atoms with Crippen molar-refractivity contribution in [2.45, 2.75) is 52.4 Å². The third kappa shape index (κ3) is 5.15. The Bertz CT molecular complexity index is 1280. The minimum atomic E-state index is -1.04. The van der Waals surface area contributed by atoms with E-state index in [0.717, 1.165) is 23.1 Å². The van der Waals surface area contributed by atoms with Gasteiger partial charge in [0.05, 0.1) is 31.8 Å². The first-order chi connectivity index (χ1) is 18.3. The number of ether oxygens (including phenoxy) is 3. The molecule has 0 aromatic heterocycles. The molecule has 2 aromatic carbocycles. The van der Waals surface area contributed by atoms with Crippen LogP contribution in [0.2, 0.25) is 0 Å². The number of aliphatic imine (C=N–C) groups is 1. The SMILES string of the molecule is CCOC(=O)C1=C(C)N=C2CC(c3cccc(OC)c3)C(C(=O)OCC)C(=O)C2C1c1ccc(CC)cc1. The van der Waals surface area contributed by atoms with E-state index in [-0.39, 0.29) is 19.0 Å². The first kappa shape index (κ1) is 27.3. The van der Waals surface area contributed by atoms with E-state index < -0.39 is 35.6 Å². The average molecular weight is 518 g/mol. The van der Waals surface area contributed by atoms with Gasteiger partial charge in [-0.2, -0.15) is 0 Å². The van der Waals surface area contributed by atoms with Gasteiger partial charge >= 0.3 is 11.9 Å². The number of Topliss-reactive ketones (excluding diaryl/α,β-unsaturated/α-hetero) is 1. The summed E-state index contributed by atoms with van der Waals surface area (Å²) in [4.78, 5) is 45.7. The molecule has 1 heterocycles. The molecule has 0 N–H and O–H groups in total. The summed E-state index contributed by atoms with van der Waals surface area (Å²) in [6.07, 6.45) is 1.25. The topological polar surface area (TPSA) is 91.3 Å². The lowest BCUT2D eigenvalue weighted by Gasteiger charge is -2.41. The molecule has 1 aliphatic carbocycles. The molecular weight excluding hydrogens is 482 g/mol. The first-order valence-electron chi connectivity index (χ1n) is 13.2. The van der Waals surface area contributed by atoms with Crippen LogP contribution in [0.4, 0.5) is 0 Å². The standard InChI is InChI=1S/C31H35NO6/c1-6-19-12-14-20(15-13-19)26-25(30(34)37-7-2)18(4)32-24-17-23(21-10-9-11-22(16-21)36-5)27(29(33)28(24)26)31(35)38-8-3/h9-16,23,26-28H,6-8,17H2,1-5H3. The van der Waals surface area contributed by atoms with Crippen LogP contribution in [0.15, 0.2) is 64.8 Å². The molecule has 200 valence electrons. The van der Waals surface area contributed by atoms with Crippen molar-refractivity contribution < 1.29 is 28.6 Å². The molecular formula is C31H35NO6. The number of rotatable bonds is 8. The molecule has 1 fully saturated rings. The summed E-state index contributed by atoms with van der Waals surface area (Å²) in [6.45, 7) is 7.69. The second-order valence-corrected chi connectivity index (χ2v) is 9.59. The summed E-state index contributed by atoms with van der Waals surface area (Å²) < 4.78 is 16.2. The Hall–Kier alpha value is -3.74. The van der Waals surface area contributed by atoms with Crippen LogP contribution < -0.4 is 4.74 Å². The molecule has 0 spiro atoms. The lowest BCUT2D eigenvalue weighted by molar-refractivity contribution is -0.153. The van der Waals surface area contributed by atoms with E-state index in [1.54, 1.807) is 27.9 Å². The fraction of sp³-hybridized carbons (Fsp3) is 0.419. The van der Waals surface area contributed by atoms with Gasteiger partial charge < -0.3 is 14.2 Å². The van der Waals surface area contributed by atoms with Gasteiger partial charge in [-0.1, -0.05) is 43.3 Å². The van der Waals surface area contributed by atoms with Crippen molar-refractivity contribution in [2.75, 3.05) is 20.3 Å². The number of aryl methyl sites for hydroxylation is 1. The number of carbonyl (C=O) groups is 3. The lowest BCUT2D eigenvalue weighted by Crippen LogP contribution is -2.48. The van der Waals surface area contributed by atoms with E-state index >= 15 is 0 Å². The second kappa shape index (κ2) is 11.8. The molecule has 2 aromatic rings. The predicted molar refractivity (Wildman–Crippen MR) is 144 cm³/mol. The maximum atomic E-state index is 14.4. The average Bonchev–Trinajstić information content (AvgIpc) is 2.92. The molecule has 2 aliphatic rings. The zero-order valence-electron chi connectivity index (χ0n) is 22.7. The van der Waals surface area contributed by atoms with E-state index in [0.29, 0.717) is 29.2 Å². The minimum Gasteiger partial charge on any atom is -0.497 e. The number of allylic oxidation sites excluding steroid dienone is 1. The van der Waals surface area contributed by atoms with Crippen molar-refractivity contribution in [1.29, 1.82) is 0 Å². The number of methoxy groups -OCH3 is 1. The summed E-state index contributed by atoms with van der Waals surface area (Å²) in [6, 6.07) is 15.3. The Balaban J connectivity index is 1.88. The van der Waals surface area contributed by atoms with Crippen LogP contribution in [0.3, 0.4) is 0 Å². The van der Waals surface area contributed by atoms with Crippen molar-refractivity contribution in [3.63, 3.8) is 0 Å². The fourth-order valence-electron chi connectivity index (χ4n) is 5.66. The maximum absolute atomic E-state index is 14.4. The summed E-state index contributed by atoms with van der Waals surface area (Å²) in [5.74, 6) is -3.59. The first-order valence-corrected chi connectivity index (χ1v) is 13.2. The van der Waals surface area contributed by atoms with E-state index in [9.17, 15) is 14.4 Å². The number of esters is 2. The monoisotopic (exact) mass is 517 g/mol. The molecule has 1 saturated carbocycles. The predicted octanol–water partition coefficient (Wildman–Crippen LogP) is 5.19. The van der Waals surface area contributed by atoms with Gasteiger partial charge in [-0.3, -0.25) is 14.6 Å². The zero-order chi connectivity index (χ0) is 27.4. The van der Waals surface area contributed by atoms with Crippen LogP contribution in [-0.2, 0) is 30.3 Å². The molecule has 38 heavy (non-hydrogen) atoms. The van der Waals surface area contributed by atoms with Gasteiger partial charge in [0.1, 0.15) is 11.7 Å². The number of fused-ring (bicyclic) bond motifs is 1. The van der Waals surface area contributed by atoms with Gasteiger partial charge in [0.25, 0.3) is 0 Å². The van der Waals surface area contributed by atoms with Crippen molar-refractivity contribution in [3.05, 3.63) is 76.5 Å². The van der Waals surface area contributed by atoms with Crippen LogP contribution in [0.5, 0.6) is 5.75 Å².